The predicted molar refractivity (Wildman–Crippen MR) is 536 cm³/mol. The summed E-state index contributed by atoms with van der Waals surface area (Å²) in [5, 5.41) is 76.2. The third-order valence-electron chi connectivity index (χ3n) is 26.3. The van der Waals surface area contributed by atoms with E-state index in [0.717, 1.165) is 149 Å². The summed E-state index contributed by atoms with van der Waals surface area (Å²) in [6, 6.07) is 45.3. The van der Waals surface area contributed by atoms with Crippen molar-refractivity contribution in [2.45, 2.75) is 63.7 Å². The molecule has 40 nitrogen and oxygen atoms in total. The number of nitrogen functional groups attached to an aromatic ring is 5. The SMILES string of the molecule is Cn1cc(-c2cnn3c(N)cc(N4CCC(CC(=O)O)C4)nc23)cn1.Nc1c(Br)c(C2CCC(C(=O)O)C2)nc2c(-c3cnc4ccccc4c3)cnn12.Nc1c(Br)c(N2CCC(C(=O)O)C2)nc2c(-c3cnc4ccccc4c3)cnn12.Nc1cc(N2CCC(C(=O)O)C2)nc2c(-c3cnc4ccccc4c3)cnn12.Nc1cc(N2CCC(CC(=O)O)C2)nc2c(-c3cnc4ccccc4c3)cnn12. The molecule has 5 fully saturated rings. The number of nitrogens with two attached hydrogens (primary N) is 5. The molecule has 4 saturated heterocycles. The number of para-hydroxylation sites is 4. The average Bonchev–Trinajstić information content (AvgIpc) is 1.61. The fourth-order valence-electron chi connectivity index (χ4n) is 19.0. The second-order valence-electron chi connectivity index (χ2n) is 35.5. The fraction of sp³-hybridized carbons (Fsp3) is 0.245. The molecule has 140 heavy (non-hydrogen) atoms. The lowest BCUT2D eigenvalue weighted by Crippen LogP contribution is -2.24. The van der Waals surface area contributed by atoms with E-state index in [1.807, 2.05) is 132 Å². The minimum Gasteiger partial charge on any atom is -0.481 e. The van der Waals surface area contributed by atoms with Crippen molar-refractivity contribution in [2.24, 2.45) is 36.6 Å². The van der Waals surface area contributed by atoms with Gasteiger partial charge in [0.2, 0.25) is 0 Å². The van der Waals surface area contributed by atoms with Gasteiger partial charge in [-0.15, -0.1) is 0 Å². The lowest BCUT2D eigenvalue weighted by molar-refractivity contribution is -0.142. The largest absolute Gasteiger partial charge is 0.481 e. The van der Waals surface area contributed by atoms with Crippen LogP contribution in [0.2, 0.25) is 0 Å². The van der Waals surface area contributed by atoms with Crippen molar-refractivity contribution in [3.8, 4) is 55.6 Å². The van der Waals surface area contributed by atoms with Crippen molar-refractivity contribution < 1.29 is 49.5 Å². The molecule has 0 amide bonds. The number of nitrogens with zero attached hydrogens (tertiary/aromatic N) is 25. The van der Waals surface area contributed by atoms with Crippen molar-refractivity contribution in [3.63, 3.8) is 0 Å². The van der Waals surface area contributed by atoms with Crippen LogP contribution in [0.5, 0.6) is 0 Å². The van der Waals surface area contributed by atoms with Crippen LogP contribution in [0, 0.1) is 29.6 Å². The first-order valence-electron chi connectivity index (χ1n) is 45.3. The van der Waals surface area contributed by atoms with Crippen molar-refractivity contribution in [1.82, 2.24) is 103 Å². The first-order valence-corrected chi connectivity index (χ1v) is 46.9. The van der Waals surface area contributed by atoms with E-state index in [2.05, 4.69) is 116 Å². The Bertz CT molecular complexity index is 7900. The number of aliphatic carboxylic acids is 5. The highest BCUT2D eigenvalue weighted by atomic mass is 79.9. The summed E-state index contributed by atoms with van der Waals surface area (Å²) in [4.78, 5) is 106. The van der Waals surface area contributed by atoms with Gasteiger partial charge in [-0.05, 0) is 137 Å². The molecule has 42 heteroatoms. The summed E-state index contributed by atoms with van der Waals surface area (Å²) in [7, 11) is 1.86. The van der Waals surface area contributed by atoms with Crippen LogP contribution in [0.4, 0.5) is 52.4 Å². The number of carboxylic acids is 5. The molecule has 0 spiro atoms. The summed E-state index contributed by atoms with van der Waals surface area (Å²) >= 11 is 7.07. The molecule has 19 heterocycles. The Morgan fingerprint density at radius 1 is 0.357 bits per heavy atom. The van der Waals surface area contributed by atoms with E-state index in [0.29, 0.717) is 143 Å². The minimum absolute atomic E-state index is 0.0512. The molecule has 15 aromatic heterocycles. The van der Waals surface area contributed by atoms with Crippen LogP contribution in [-0.2, 0) is 31.0 Å². The van der Waals surface area contributed by atoms with Crippen LogP contribution in [0.3, 0.4) is 0 Å². The number of fused-ring (bicyclic) bond motifs is 9. The van der Waals surface area contributed by atoms with Crippen LogP contribution in [0.15, 0.2) is 217 Å². The Kier molecular flexibility index (Phi) is 24.8. The molecule has 1 aliphatic carbocycles. The number of hydrogen-bond acceptors (Lipinski definition) is 29. The highest BCUT2D eigenvalue weighted by molar-refractivity contribution is 9.11. The molecular formula is C98H92Br2N30O10. The lowest BCUT2D eigenvalue weighted by atomic mass is 10.0. The fourth-order valence-corrected chi connectivity index (χ4v) is 20.1. The summed E-state index contributed by atoms with van der Waals surface area (Å²) in [5.41, 5.74) is 47.8. The Morgan fingerprint density at radius 2 is 0.700 bits per heavy atom. The molecule has 4 aromatic carbocycles. The van der Waals surface area contributed by atoms with Gasteiger partial charge in [-0.2, -0.15) is 53.2 Å². The van der Waals surface area contributed by atoms with Gasteiger partial charge in [0.25, 0.3) is 0 Å². The van der Waals surface area contributed by atoms with Gasteiger partial charge >= 0.3 is 29.8 Å². The Balaban J connectivity index is 0.000000108. The third kappa shape index (κ3) is 18.2. The quantitative estimate of drug-likeness (QED) is 0.0405. The molecule has 6 atom stereocenters. The van der Waals surface area contributed by atoms with Crippen LogP contribution >= 0.6 is 31.9 Å². The van der Waals surface area contributed by atoms with Gasteiger partial charge in [0, 0.05) is 205 Å². The van der Waals surface area contributed by atoms with Crippen LogP contribution in [-0.4, -0.2) is 210 Å². The number of anilines is 9. The van der Waals surface area contributed by atoms with Gasteiger partial charge in [-0.25, -0.2) is 24.9 Å². The third-order valence-corrected chi connectivity index (χ3v) is 27.9. The molecule has 0 radical (unpaired) electrons. The van der Waals surface area contributed by atoms with Crippen LogP contribution in [0.1, 0.15) is 69.4 Å². The van der Waals surface area contributed by atoms with Crippen molar-refractivity contribution in [1.29, 1.82) is 0 Å². The van der Waals surface area contributed by atoms with Crippen LogP contribution in [0.25, 0.3) is 127 Å². The zero-order chi connectivity index (χ0) is 97.0. The number of rotatable bonds is 17. The Morgan fingerprint density at radius 3 is 1.07 bits per heavy atom. The number of aromatic nitrogens is 21. The molecule has 24 rings (SSSR count). The van der Waals surface area contributed by atoms with Crippen molar-refractivity contribution in [3.05, 3.63) is 222 Å². The summed E-state index contributed by atoms with van der Waals surface area (Å²) < 4.78 is 11.1. The van der Waals surface area contributed by atoms with Gasteiger partial charge in [-0.3, -0.25) is 48.6 Å². The second kappa shape index (κ2) is 38.1. The van der Waals surface area contributed by atoms with E-state index >= 15 is 0 Å². The molecule has 19 aromatic rings. The van der Waals surface area contributed by atoms with Crippen molar-refractivity contribution in [2.75, 3.05) is 101 Å². The number of carboxylic acid groups (broad SMARTS) is 5. The van der Waals surface area contributed by atoms with E-state index < -0.39 is 35.8 Å². The van der Waals surface area contributed by atoms with E-state index in [1.165, 1.54) is 0 Å². The molecule has 1 saturated carbocycles. The monoisotopic (exact) mass is 2010 g/mol. The lowest BCUT2D eigenvalue weighted by Gasteiger charge is -2.20. The van der Waals surface area contributed by atoms with Gasteiger partial charge in [0.15, 0.2) is 28.2 Å². The maximum absolute atomic E-state index is 11.4. The number of carbonyl (C=O) groups is 5. The molecular weight excluding hydrogens is 1920 g/mol. The number of aryl methyl sites for hydroxylation is 1. The number of hydrogen-bond donors (Lipinski definition) is 10. The predicted octanol–water partition coefficient (Wildman–Crippen LogP) is 13.7. The highest BCUT2D eigenvalue weighted by Crippen LogP contribution is 2.45. The Hall–Kier alpha value is -16.7. The van der Waals surface area contributed by atoms with Gasteiger partial charge < -0.3 is 73.8 Å². The number of halogens is 2. The summed E-state index contributed by atoms with van der Waals surface area (Å²) in [6.07, 6.45) is 24.8. The van der Waals surface area contributed by atoms with E-state index in [1.54, 1.807) is 95.0 Å². The molecule has 5 aliphatic rings. The summed E-state index contributed by atoms with van der Waals surface area (Å²) in [6.45, 7) is 4.95. The van der Waals surface area contributed by atoms with E-state index in [4.69, 9.17) is 63.8 Å². The molecule has 15 N–H and O–H groups in total. The normalized spacial score (nSPS) is 17.4. The van der Waals surface area contributed by atoms with Gasteiger partial charge in [0.1, 0.15) is 56.8 Å². The molecule has 4 aliphatic heterocycles. The number of benzene rings is 4. The molecule has 708 valence electrons. The zero-order valence-corrected chi connectivity index (χ0v) is 78.4. The minimum atomic E-state index is -0.787. The van der Waals surface area contributed by atoms with Crippen LogP contribution < -0.4 is 48.3 Å². The van der Waals surface area contributed by atoms with Gasteiger partial charge in [-0.1, -0.05) is 72.8 Å². The first kappa shape index (κ1) is 91.1. The smallest absolute Gasteiger partial charge is 0.308 e. The maximum atomic E-state index is 11.4. The zero-order valence-electron chi connectivity index (χ0n) is 75.2. The van der Waals surface area contributed by atoms with E-state index in [9.17, 15) is 39.3 Å². The Labute approximate surface area is 812 Å². The molecule has 0 bridgehead atoms. The first-order chi connectivity index (χ1) is 67.7. The highest BCUT2D eigenvalue weighted by Gasteiger charge is 2.37. The maximum Gasteiger partial charge on any atom is 0.308 e. The summed E-state index contributed by atoms with van der Waals surface area (Å²) in [5.74, 6) is 0.499. The molecule has 6 unspecified atom stereocenters. The van der Waals surface area contributed by atoms with Gasteiger partial charge in [0.05, 0.1) is 87.2 Å². The average molecular weight is 2010 g/mol. The van der Waals surface area contributed by atoms with E-state index in [-0.39, 0.29) is 42.4 Å². The second-order valence-corrected chi connectivity index (χ2v) is 37.1. The topological polar surface area (TPSA) is 550 Å². The standard InChI is InChI=1S/C21H18BrN5O2.C21H20N6O2.C20H17BrN6O2.C20H18N6O2.C16H19N7O2/c22-17-18(12-5-6-13(8-12)21(28)29)26-20-15(10-25-27(20)19(17)23)14-7-11-3-1-2-4-16(11)24-9-14;22-18-9-19(26-6-5-13(12-26)7-20(28)29)25-21-16(11-24-27(18)21)15-8-14-3-1-2-4-17(14)23-10-15;21-16-17(22)27-18(25-19(16)26-6-5-12(10-26)20(28)29)14(9-24-27)13-7-11-3-1-2-4-15(11)23-8-13;21-17-8-18(25-6-5-13(11-25)20(27)28)24-19-15(10-23-26(17)19)14-7-12-3-1-2-4-16(12)22-9-14;1-21-9-11(6-18-21)12-7-19-23-13(17)5-14(20-16(12)23)22-3-2-10(8-22)4-15(24)25/h1-4,7,9-10,12-13H,5-6,8,23H2,(H,28,29);1-4,8-11,13H,5-7,12,22H2,(H,28,29);1-4,7-9,12H,5-6,10,22H2,(H,28,29);1-4,7-10,13H,5-6,11,21H2,(H,27,28);5-7,9-10H,2-4,8,17H2,1H3,(H,24,25). The van der Waals surface area contributed by atoms with Crippen molar-refractivity contribution >= 4 is 186 Å². The number of pyridine rings is 4.